The highest BCUT2D eigenvalue weighted by molar-refractivity contribution is 7.81. The maximum absolute atomic E-state index is 5.23. The van der Waals surface area contributed by atoms with E-state index >= 15 is 0 Å². The van der Waals surface area contributed by atoms with Gasteiger partial charge in [-0.1, -0.05) is 36.8 Å². The lowest BCUT2D eigenvalue weighted by Crippen LogP contribution is -2.45. The van der Waals surface area contributed by atoms with Crippen molar-refractivity contribution in [2.75, 3.05) is 10.6 Å². The third kappa shape index (κ3) is 5.84. The lowest BCUT2D eigenvalue weighted by Gasteiger charge is -2.14. The van der Waals surface area contributed by atoms with Crippen molar-refractivity contribution in [3.8, 4) is 0 Å². The maximum atomic E-state index is 5.23. The fourth-order valence-electron chi connectivity index (χ4n) is 1.90. The Morgan fingerprint density at radius 2 is 1.22 bits per heavy atom. The van der Waals surface area contributed by atoms with Crippen LogP contribution in [0.5, 0.6) is 0 Å². The molecule has 2 aromatic carbocycles. The van der Waals surface area contributed by atoms with Crippen molar-refractivity contribution in [2.24, 2.45) is 0 Å². The van der Waals surface area contributed by atoms with Crippen molar-refractivity contribution in [3.05, 3.63) is 59.7 Å². The molecule has 0 radical (unpaired) electrons. The highest BCUT2D eigenvalue weighted by atomic mass is 32.1. The van der Waals surface area contributed by atoms with Gasteiger partial charge < -0.3 is 10.6 Å². The quantitative estimate of drug-likeness (QED) is 0.503. The summed E-state index contributed by atoms with van der Waals surface area (Å²) >= 11 is 10.4. The van der Waals surface area contributed by atoms with E-state index in [0.717, 1.165) is 17.8 Å². The van der Waals surface area contributed by atoms with Crippen LogP contribution in [0.4, 0.5) is 11.4 Å². The first kappa shape index (κ1) is 17.2. The lowest BCUT2D eigenvalue weighted by molar-refractivity contribution is 0.885. The second-order valence-electron chi connectivity index (χ2n) is 5.07. The molecule has 23 heavy (non-hydrogen) atoms. The van der Waals surface area contributed by atoms with Gasteiger partial charge in [0.25, 0.3) is 0 Å². The smallest absolute Gasteiger partial charge is 0.189 e. The SMILES string of the molecule is CCc1ccc(NC(=S)NNC(=S)Nc2ccc(C)cc2)cc1. The van der Waals surface area contributed by atoms with Crippen LogP contribution in [0.25, 0.3) is 0 Å². The molecule has 2 rings (SSSR count). The molecule has 0 spiro atoms. The van der Waals surface area contributed by atoms with E-state index in [0.29, 0.717) is 10.2 Å². The van der Waals surface area contributed by atoms with Gasteiger partial charge in [0, 0.05) is 11.4 Å². The Balaban J connectivity index is 1.76. The number of anilines is 2. The Morgan fingerprint density at radius 1 is 0.783 bits per heavy atom. The van der Waals surface area contributed by atoms with E-state index in [1.54, 1.807) is 0 Å². The molecule has 0 heterocycles. The number of nitrogens with one attached hydrogen (secondary N) is 4. The number of aryl methyl sites for hydroxylation is 2. The fourth-order valence-corrected chi connectivity index (χ4v) is 2.24. The monoisotopic (exact) mass is 344 g/mol. The molecule has 0 aliphatic carbocycles. The summed E-state index contributed by atoms with van der Waals surface area (Å²) in [6.45, 7) is 4.17. The van der Waals surface area contributed by atoms with Crippen LogP contribution in [-0.2, 0) is 6.42 Å². The van der Waals surface area contributed by atoms with Crippen LogP contribution in [0.2, 0.25) is 0 Å². The van der Waals surface area contributed by atoms with Gasteiger partial charge in [0.1, 0.15) is 0 Å². The van der Waals surface area contributed by atoms with Gasteiger partial charge in [-0.2, -0.15) is 0 Å². The standard InChI is InChI=1S/C17H20N4S2/c1-3-13-6-10-15(11-7-13)19-17(23)21-20-16(22)18-14-8-4-12(2)5-9-14/h4-11H,3H2,1-2H3,(H2,18,20,22)(H2,19,21,23). The number of hydrogen-bond acceptors (Lipinski definition) is 2. The zero-order chi connectivity index (χ0) is 16.7. The van der Waals surface area contributed by atoms with E-state index < -0.39 is 0 Å². The lowest BCUT2D eigenvalue weighted by atomic mass is 10.1. The second kappa shape index (κ2) is 8.45. The molecule has 120 valence electrons. The van der Waals surface area contributed by atoms with Gasteiger partial charge in [-0.25, -0.2) is 0 Å². The Kier molecular flexibility index (Phi) is 6.31. The summed E-state index contributed by atoms with van der Waals surface area (Å²) in [6.07, 6.45) is 1.02. The predicted octanol–water partition coefficient (Wildman–Crippen LogP) is 3.75. The van der Waals surface area contributed by atoms with E-state index in [1.807, 2.05) is 43.3 Å². The van der Waals surface area contributed by atoms with E-state index in [-0.39, 0.29) is 0 Å². The Morgan fingerprint density at radius 3 is 1.65 bits per heavy atom. The summed E-state index contributed by atoms with van der Waals surface area (Å²) in [7, 11) is 0. The molecule has 4 nitrogen and oxygen atoms in total. The summed E-state index contributed by atoms with van der Waals surface area (Å²) < 4.78 is 0. The molecule has 0 aliphatic heterocycles. The molecule has 0 aromatic heterocycles. The number of thiocarbonyl (C=S) groups is 2. The van der Waals surface area contributed by atoms with Gasteiger partial charge in [0.2, 0.25) is 0 Å². The largest absolute Gasteiger partial charge is 0.331 e. The average molecular weight is 345 g/mol. The number of hydrogen-bond donors (Lipinski definition) is 4. The number of hydrazine groups is 1. The molecular weight excluding hydrogens is 324 g/mol. The number of benzene rings is 2. The molecular formula is C17H20N4S2. The van der Waals surface area contributed by atoms with Gasteiger partial charge in [-0.05, 0) is 67.6 Å². The Labute approximate surface area is 147 Å². The van der Waals surface area contributed by atoms with Crippen molar-refractivity contribution < 1.29 is 0 Å². The summed E-state index contributed by atoms with van der Waals surface area (Å²) in [6, 6.07) is 16.1. The van der Waals surface area contributed by atoms with Crippen molar-refractivity contribution in [2.45, 2.75) is 20.3 Å². The minimum absolute atomic E-state index is 0.444. The average Bonchev–Trinajstić information content (AvgIpc) is 2.56. The summed E-state index contributed by atoms with van der Waals surface area (Å²) in [4.78, 5) is 0. The number of rotatable bonds is 3. The first-order valence-corrected chi connectivity index (χ1v) is 8.18. The van der Waals surface area contributed by atoms with Crippen LogP contribution in [0.3, 0.4) is 0 Å². The van der Waals surface area contributed by atoms with Crippen LogP contribution < -0.4 is 21.5 Å². The van der Waals surface area contributed by atoms with Crippen LogP contribution in [0, 0.1) is 6.92 Å². The molecule has 0 atom stereocenters. The van der Waals surface area contributed by atoms with Gasteiger partial charge >= 0.3 is 0 Å². The van der Waals surface area contributed by atoms with E-state index in [1.165, 1.54) is 11.1 Å². The van der Waals surface area contributed by atoms with Gasteiger partial charge in [0.15, 0.2) is 10.2 Å². The fraction of sp³-hybridized carbons (Fsp3) is 0.176. The van der Waals surface area contributed by atoms with Gasteiger partial charge in [-0.3, -0.25) is 10.9 Å². The zero-order valence-electron chi connectivity index (χ0n) is 13.1. The van der Waals surface area contributed by atoms with Crippen molar-refractivity contribution in [1.82, 2.24) is 10.9 Å². The molecule has 0 fully saturated rings. The van der Waals surface area contributed by atoms with Gasteiger partial charge in [-0.15, -0.1) is 0 Å². The van der Waals surface area contributed by atoms with Crippen LogP contribution in [0.1, 0.15) is 18.1 Å². The third-order valence-electron chi connectivity index (χ3n) is 3.22. The highest BCUT2D eigenvalue weighted by Gasteiger charge is 2.00. The molecule has 2 aromatic rings. The molecule has 0 aliphatic rings. The Hall–Kier alpha value is -2.18. The van der Waals surface area contributed by atoms with Gasteiger partial charge in [0.05, 0.1) is 0 Å². The zero-order valence-corrected chi connectivity index (χ0v) is 14.8. The first-order chi connectivity index (χ1) is 11.1. The third-order valence-corrected chi connectivity index (χ3v) is 3.63. The van der Waals surface area contributed by atoms with E-state index in [4.69, 9.17) is 24.4 Å². The summed E-state index contributed by atoms with van der Waals surface area (Å²) in [5.41, 5.74) is 10.1. The molecule has 0 unspecified atom stereocenters. The molecule has 4 N–H and O–H groups in total. The van der Waals surface area contributed by atoms with Crippen LogP contribution in [0.15, 0.2) is 48.5 Å². The van der Waals surface area contributed by atoms with Crippen LogP contribution >= 0.6 is 24.4 Å². The minimum atomic E-state index is 0.444. The minimum Gasteiger partial charge on any atom is -0.331 e. The normalized spacial score (nSPS) is 9.83. The topological polar surface area (TPSA) is 48.1 Å². The van der Waals surface area contributed by atoms with Crippen molar-refractivity contribution >= 4 is 46.0 Å². The predicted molar refractivity (Wildman–Crippen MR) is 106 cm³/mol. The Bertz CT molecular complexity index is 666. The van der Waals surface area contributed by atoms with Crippen LogP contribution in [-0.4, -0.2) is 10.2 Å². The van der Waals surface area contributed by atoms with E-state index in [9.17, 15) is 0 Å². The second-order valence-corrected chi connectivity index (χ2v) is 5.89. The molecule has 0 saturated heterocycles. The summed E-state index contributed by atoms with van der Waals surface area (Å²) in [5, 5.41) is 7.05. The summed E-state index contributed by atoms with van der Waals surface area (Å²) in [5.74, 6) is 0. The molecule has 0 saturated carbocycles. The van der Waals surface area contributed by atoms with Crippen molar-refractivity contribution in [3.63, 3.8) is 0 Å². The van der Waals surface area contributed by atoms with E-state index in [2.05, 4.69) is 40.5 Å². The molecule has 0 amide bonds. The highest BCUT2D eigenvalue weighted by Crippen LogP contribution is 2.10. The van der Waals surface area contributed by atoms with Crippen molar-refractivity contribution in [1.29, 1.82) is 0 Å². The molecule has 0 bridgehead atoms. The molecule has 6 heteroatoms. The maximum Gasteiger partial charge on any atom is 0.189 e. The first-order valence-electron chi connectivity index (χ1n) is 7.36.